The lowest BCUT2D eigenvalue weighted by molar-refractivity contribution is -0.00000381. The Balaban J connectivity index is 0.00000162. The van der Waals surface area contributed by atoms with Gasteiger partial charge in [-0.25, -0.2) is 4.98 Å². The van der Waals surface area contributed by atoms with Crippen molar-refractivity contribution in [3.8, 4) is 0 Å². The summed E-state index contributed by atoms with van der Waals surface area (Å²) in [6.07, 6.45) is 3.83. The van der Waals surface area contributed by atoms with E-state index in [1.165, 1.54) is 22.3 Å². The zero-order chi connectivity index (χ0) is 12.4. The van der Waals surface area contributed by atoms with Crippen LogP contribution < -0.4 is 12.4 Å². The maximum atomic E-state index is 4.33. The molecule has 0 spiro atoms. The molecule has 0 fully saturated rings. The number of hydrogen-bond donors (Lipinski definition) is 0. The van der Waals surface area contributed by atoms with Gasteiger partial charge in [0.25, 0.3) is 0 Å². The normalized spacial score (nSPS) is 10.2. The van der Waals surface area contributed by atoms with Crippen molar-refractivity contribution in [1.82, 2.24) is 9.55 Å². The second-order valence-electron chi connectivity index (χ2n) is 4.49. The summed E-state index contributed by atoms with van der Waals surface area (Å²) in [7, 11) is 2.03. The first-order valence-electron chi connectivity index (χ1n) is 5.75. The van der Waals surface area contributed by atoms with Gasteiger partial charge in [-0.05, 0) is 37.5 Å². The van der Waals surface area contributed by atoms with E-state index in [1.54, 1.807) is 11.8 Å². The van der Waals surface area contributed by atoms with E-state index in [2.05, 4.69) is 42.5 Å². The molecule has 0 amide bonds. The van der Waals surface area contributed by atoms with Crippen molar-refractivity contribution >= 4 is 11.8 Å². The zero-order valence-electron chi connectivity index (χ0n) is 11.2. The third-order valence-corrected chi connectivity index (χ3v) is 4.05. The van der Waals surface area contributed by atoms with E-state index < -0.39 is 0 Å². The fourth-order valence-corrected chi connectivity index (χ4v) is 3.19. The zero-order valence-corrected chi connectivity index (χ0v) is 12.8. The fraction of sp³-hybridized carbons (Fsp3) is 0.357. The highest BCUT2D eigenvalue weighted by atomic mass is 35.5. The van der Waals surface area contributed by atoms with Crippen LogP contribution in [0.1, 0.15) is 22.3 Å². The molecule has 0 aliphatic carbocycles. The van der Waals surface area contributed by atoms with Crippen molar-refractivity contribution in [2.24, 2.45) is 7.05 Å². The molecule has 0 saturated heterocycles. The van der Waals surface area contributed by atoms with E-state index >= 15 is 0 Å². The predicted octanol–water partition coefficient (Wildman–Crippen LogP) is 0.642. The Morgan fingerprint density at radius 1 is 1.17 bits per heavy atom. The average Bonchev–Trinajstić information content (AvgIpc) is 2.62. The first kappa shape index (κ1) is 15.1. The van der Waals surface area contributed by atoms with Crippen LogP contribution in [0.3, 0.4) is 0 Å². The van der Waals surface area contributed by atoms with Gasteiger partial charge >= 0.3 is 0 Å². The predicted molar refractivity (Wildman–Crippen MR) is 73.4 cm³/mol. The summed E-state index contributed by atoms with van der Waals surface area (Å²) in [5, 5.41) is 1.07. The van der Waals surface area contributed by atoms with E-state index in [0.717, 1.165) is 10.9 Å². The van der Waals surface area contributed by atoms with Crippen LogP contribution in [0.2, 0.25) is 0 Å². The van der Waals surface area contributed by atoms with Gasteiger partial charge in [-0.2, -0.15) is 0 Å². The lowest BCUT2D eigenvalue weighted by Crippen LogP contribution is -3.00. The van der Waals surface area contributed by atoms with Crippen molar-refractivity contribution < 1.29 is 12.4 Å². The van der Waals surface area contributed by atoms with E-state index in [9.17, 15) is 0 Å². The molecule has 0 unspecified atom stereocenters. The molecule has 1 heterocycles. The minimum Gasteiger partial charge on any atom is -1.00 e. The fourth-order valence-electron chi connectivity index (χ4n) is 2.07. The molecular formula is C14H18ClN2S-. The monoisotopic (exact) mass is 281 g/mol. The largest absolute Gasteiger partial charge is 1.00 e. The molecule has 0 aliphatic heterocycles. The molecule has 0 saturated carbocycles. The van der Waals surface area contributed by atoms with Crippen LogP contribution in [0.4, 0.5) is 0 Å². The molecule has 2 nitrogen and oxygen atoms in total. The molecule has 18 heavy (non-hydrogen) atoms. The Morgan fingerprint density at radius 2 is 1.78 bits per heavy atom. The van der Waals surface area contributed by atoms with Crippen molar-refractivity contribution in [2.45, 2.75) is 31.7 Å². The standard InChI is InChI=1S/C14H18N2S.ClH/c1-10-7-11(2)13(12(3)8-10)9-17-14-15-5-6-16(14)4;/h5-8H,9H2,1-4H3;1H/p-1. The smallest absolute Gasteiger partial charge is 0.167 e. The summed E-state index contributed by atoms with van der Waals surface area (Å²) in [6, 6.07) is 4.50. The van der Waals surface area contributed by atoms with Crippen LogP contribution >= 0.6 is 11.8 Å². The van der Waals surface area contributed by atoms with Crippen molar-refractivity contribution in [1.29, 1.82) is 0 Å². The van der Waals surface area contributed by atoms with Gasteiger partial charge in [-0.3, -0.25) is 0 Å². The van der Waals surface area contributed by atoms with Gasteiger partial charge in [0.1, 0.15) is 0 Å². The van der Waals surface area contributed by atoms with Gasteiger partial charge in [0.15, 0.2) is 5.16 Å². The topological polar surface area (TPSA) is 17.8 Å². The van der Waals surface area contributed by atoms with Crippen molar-refractivity contribution in [3.05, 3.63) is 46.8 Å². The second kappa shape index (κ2) is 6.30. The summed E-state index contributed by atoms with van der Waals surface area (Å²) in [5.74, 6) is 0.989. The lowest BCUT2D eigenvalue weighted by Gasteiger charge is -2.10. The maximum Gasteiger partial charge on any atom is 0.167 e. The van der Waals surface area contributed by atoms with E-state index in [0.29, 0.717) is 0 Å². The lowest BCUT2D eigenvalue weighted by atomic mass is 10.0. The first-order chi connectivity index (χ1) is 8.08. The number of rotatable bonds is 3. The molecule has 0 bridgehead atoms. The van der Waals surface area contributed by atoms with Crippen LogP contribution in [0.5, 0.6) is 0 Å². The number of imidazole rings is 1. The van der Waals surface area contributed by atoms with Gasteiger partial charge < -0.3 is 17.0 Å². The number of nitrogens with zero attached hydrogens (tertiary/aromatic N) is 2. The molecule has 0 atom stereocenters. The Labute approximate surface area is 119 Å². The molecule has 1 aromatic carbocycles. The van der Waals surface area contributed by atoms with E-state index in [4.69, 9.17) is 0 Å². The molecular weight excluding hydrogens is 264 g/mol. The average molecular weight is 282 g/mol. The summed E-state index contributed by atoms with van der Waals surface area (Å²) in [5.41, 5.74) is 5.53. The molecule has 2 rings (SSSR count). The van der Waals surface area contributed by atoms with Crippen LogP contribution in [-0.2, 0) is 12.8 Å². The van der Waals surface area contributed by atoms with E-state index in [1.807, 2.05) is 19.4 Å². The number of hydrogen-bond acceptors (Lipinski definition) is 2. The molecule has 98 valence electrons. The van der Waals surface area contributed by atoms with Crippen LogP contribution in [-0.4, -0.2) is 9.55 Å². The maximum absolute atomic E-state index is 4.33. The minimum absolute atomic E-state index is 0. The van der Waals surface area contributed by atoms with Crippen LogP contribution in [0, 0.1) is 20.8 Å². The van der Waals surface area contributed by atoms with Crippen LogP contribution in [0.25, 0.3) is 0 Å². The highest BCUT2D eigenvalue weighted by molar-refractivity contribution is 7.98. The minimum atomic E-state index is 0. The number of halogens is 1. The number of aryl methyl sites for hydroxylation is 4. The molecule has 1 aromatic heterocycles. The SMILES string of the molecule is Cc1cc(C)c(CSc2nccn2C)c(C)c1.[Cl-]. The summed E-state index contributed by atoms with van der Waals surface area (Å²) >= 11 is 1.79. The molecule has 0 radical (unpaired) electrons. The highest BCUT2D eigenvalue weighted by Gasteiger charge is 2.06. The number of benzene rings is 1. The van der Waals surface area contributed by atoms with Gasteiger partial charge in [-0.1, -0.05) is 29.5 Å². The molecule has 0 N–H and O–H groups in total. The first-order valence-corrected chi connectivity index (χ1v) is 6.73. The second-order valence-corrected chi connectivity index (χ2v) is 5.43. The molecule has 2 aromatic rings. The third kappa shape index (κ3) is 3.30. The Kier molecular flexibility index (Phi) is 5.29. The van der Waals surface area contributed by atoms with Crippen LogP contribution in [0.15, 0.2) is 29.7 Å². The van der Waals surface area contributed by atoms with Crippen molar-refractivity contribution in [2.75, 3.05) is 0 Å². The summed E-state index contributed by atoms with van der Waals surface area (Å²) < 4.78 is 2.06. The Morgan fingerprint density at radius 3 is 2.28 bits per heavy atom. The number of thioether (sulfide) groups is 1. The summed E-state index contributed by atoms with van der Waals surface area (Å²) in [4.78, 5) is 4.33. The Bertz CT molecular complexity index is 511. The van der Waals surface area contributed by atoms with Gasteiger partial charge in [0.05, 0.1) is 0 Å². The van der Waals surface area contributed by atoms with Gasteiger partial charge in [0, 0.05) is 25.2 Å². The summed E-state index contributed by atoms with van der Waals surface area (Å²) in [6.45, 7) is 6.53. The third-order valence-electron chi connectivity index (χ3n) is 2.96. The van der Waals surface area contributed by atoms with Gasteiger partial charge in [-0.15, -0.1) is 0 Å². The van der Waals surface area contributed by atoms with E-state index in [-0.39, 0.29) is 12.4 Å². The Hall–Kier alpha value is -0.930. The highest BCUT2D eigenvalue weighted by Crippen LogP contribution is 2.25. The van der Waals surface area contributed by atoms with Crippen molar-refractivity contribution in [3.63, 3.8) is 0 Å². The number of aromatic nitrogens is 2. The van der Waals surface area contributed by atoms with Gasteiger partial charge in [0.2, 0.25) is 0 Å². The quantitative estimate of drug-likeness (QED) is 0.769. The molecule has 0 aliphatic rings. The molecule has 4 heteroatoms.